The van der Waals surface area contributed by atoms with E-state index in [1.54, 1.807) is 6.92 Å². The van der Waals surface area contributed by atoms with E-state index in [1.807, 2.05) is 18.7 Å². The maximum atomic E-state index is 13.2. The minimum absolute atomic E-state index is 0.142. The van der Waals surface area contributed by atoms with Gasteiger partial charge in [0.15, 0.2) is 6.54 Å². The molecule has 9 heteroatoms. The summed E-state index contributed by atoms with van der Waals surface area (Å²) in [5.74, 6) is -0.685. The Balaban J connectivity index is 2.05. The number of likely N-dealkylation sites (tertiary alicyclic amines) is 1. The van der Waals surface area contributed by atoms with Gasteiger partial charge >= 0.3 is 12.1 Å². The zero-order valence-electron chi connectivity index (χ0n) is 17.8. The van der Waals surface area contributed by atoms with Crippen LogP contribution < -0.4 is 15.1 Å². The highest BCUT2D eigenvalue weighted by Gasteiger charge is 2.32. The van der Waals surface area contributed by atoms with Gasteiger partial charge in [-0.3, -0.25) is 9.59 Å². The standard InChI is InChI=1S/C21H30F3N3O3/c1-4-27(5-2)18-8-7-16(21(22,23)24)13-17(18)25-19(28)14-26-11-9-15(10-12-26)20(29)30-6-3/h7-8,13,15H,4-6,9-12,14H2,1-3H3,(H,25,28)/p+1. The van der Waals surface area contributed by atoms with E-state index in [4.69, 9.17) is 4.74 Å². The molecule has 0 spiro atoms. The molecular formula is C21H31F3N3O3+. The van der Waals surface area contributed by atoms with Crippen LogP contribution >= 0.6 is 0 Å². The molecule has 1 aromatic carbocycles. The lowest BCUT2D eigenvalue weighted by atomic mass is 9.97. The van der Waals surface area contributed by atoms with E-state index in [1.165, 1.54) is 6.07 Å². The van der Waals surface area contributed by atoms with Crippen molar-refractivity contribution >= 4 is 23.3 Å². The lowest BCUT2D eigenvalue weighted by Crippen LogP contribution is -3.14. The van der Waals surface area contributed by atoms with E-state index >= 15 is 0 Å². The Morgan fingerprint density at radius 1 is 1.17 bits per heavy atom. The third-order valence-electron chi connectivity index (χ3n) is 5.43. The predicted molar refractivity (Wildman–Crippen MR) is 109 cm³/mol. The molecule has 1 aliphatic rings. The Morgan fingerprint density at radius 2 is 1.80 bits per heavy atom. The molecule has 168 valence electrons. The number of anilines is 2. The molecule has 0 atom stereocenters. The molecule has 1 fully saturated rings. The Hall–Kier alpha value is -2.29. The van der Waals surface area contributed by atoms with E-state index in [2.05, 4.69) is 5.32 Å². The van der Waals surface area contributed by atoms with Crippen LogP contribution in [0.4, 0.5) is 24.5 Å². The van der Waals surface area contributed by atoms with Crippen molar-refractivity contribution < 1.29 is 32.4 Å². The van der Waals surface area contributed by atoms with Crippen LogP contribution in [0, 0.1) is 5.92 Å². The van der Waals surface area contributed by atoms with Crippen molar-refractivity contribution in [3.05, 3.63) is 23.8 Å². The Kier molecular flexibility index (Phi) is 8.52. The van der Waals surface area contributed by atoms with Crippen molar-refractivity contribution in [2.24, 2.45) is 5.92 Å². The van der Waals surface area contributed by atoms with Gasteiger partial charge in [0.2, 0.25) is 0 Å². The van der Waals surface area contributed by atoms with Crippen LogP contribution in [0.3, 0.4) is 0 Å². The number of rotatable bonds is 8. The molecule has 0 radical (unpaired) electrons. The summed E-state index contributed by atoms with van der Waals surface area (Å²) >= 11 is 0. The van der Waals surface area contributed by atoms with Gasteiger partial charge in [0.05, 0.1) is 42.6 Å². The maximum Gasteiger partial charge on any atom is 0.416 e. The van der Waals surface area contributed by atoms with E-state index in [-0.39, 0.29) is 30.0 Å². The molecule has 2 N–H and O–H groups in total. The SMILES string of the molecule is CCOC(=O)C1CC[NH+](CC(=O)Nc2cc(C(F)(F)F)ccc2N(CC)CC)CC1. The first-order valence-electron chi connectivity index (χ1n) is 10.5. The van der Waals surface area contributed by atoms with E-state index in [0.717, 1.165) is 17.0 Å². The fourth-order valence-corrected chi connectivity index (χ4v) is 3.77. The fourth-order valence-electron chi connectivity index (χ4n) is 3.77. The second kappa shape index (κ2) is 10.7. The average Bonchev–Trinajstić information content (AvgIpc) is 2.69. The molecule has 0 saturated carbocycles. The summed E-state index contributed by atoms with van der Waals surface area (Å²) in [5, 5.41) is 2.68. The molecule has 30 heavy (non-hydrogen) atoms. The van der Waals surface area contributed by atoms with Crippen LogP contribution in [0.15, 0.2) is 18.2 Å². The number of alkyl halides is 3. The number of amides is 1. The van der Waals surface area contributed by atoms with Gasteiger partial charge in [-0.15, -0.1) is 0 Å². The Labute approximate surface area is 175 Å². The van der Waals surface area contributed by atoms with Crippen LogP contribution in [0.2, 0.25) is 0 Å². The van der Waals surface area contributed by atoms with Gasteiger partial charge in [0.1, 0.15) is 0 Å². The fraction of sp³-hybridized carbons (Fsp3) is 0.619. The molecular weight excluding hydrogens is 399 g/mol. The van der Waals surface area contributed by atoms with Gasteiger partial charge in [-0.2, -0.15) is 13.2 Å². The van der Waals surface area contributed by atoms with E-state index in [9.17, 15) is 22.8 Å². The number of hydrogen-bond acceptors (Lipinski definition) is 4. The first-order valence-corrected chi connectivity index (χ1v) is 10.5. The molecule has 2 rings (SSSR count). The molecule has 0 bridgehead atoms. The minimum atomic E-state index is -4.48. The average molecular weight is 430 g/mol. The minimum Gasteiger partial charge on any atom is -0.466 e. The number of esters is 1. The summed E-state index contributed by atoms with van der Waals surface area (Å²) in [6.07, 6.45) is -3.22. The van der Waals surface area contributed by atoms with Crippen LogP contribution in [0.25, 0.3) is 0 Å². The number of carbonyl (C=O) groups excluding carboxylic acids is 2. The second-order valence-electron chi connectivity index (χ2n) is 7.40. The number of ether oxygens (including phenoxy) is 1. The summed E-state index contributed by atoms with van der Waals surface area (Å²) < 4.78 is 44.5. The third-order valence-corrected chi connectivity index (χ3v) is 5.43. The molecule has 0 aromatic heterocycles. The lowest BCUT2D eigenvalue weighted by molar-refractivity contribution is -0.897. The van der Waals surface area contributed by atoms with Gasteiger partial charge in [0.25, 0.3) is 5.91 Å². The summed E-state index contributed by atoms with van der Waals surface area (Å²) in [6.45, 7) is 8.57. The smallest absolute Gasteiger partial charge is 0.416 e. The van der Waals surface area contributed by atoms with Crippen LogP contribution in [-0.4, -0.2) is 51.2 Å². The molecule has 1 aromatic rings. The molecule has 1 saturated heterocycles. The van der Waals surface area contributed by atoms with Gasteiger partial charge in [0, 0.05) is 25.9 Å². The van der Waals surface area contributed by atoms with E-state index < -0.39 is 11.7 Å². The van der Waals surface area contributed by atoms with Crippen LogP contribution in [0.1, 0.15) is 39.2 Å². The monoisotopic (exact) mass is 430 g/mol. The van der Waals surface area contributed by atoms with Gasteiger partial charge < -0.3 is 19.9 Å². The normalized spacial score (nSPS) is 19.3. The van der Waals surface area contributed by atoms with Crippen LogP contribution in [-0.2, 0) is 20.5 Å². The number of halogens is 3. The topological polar surface area (TPSA) is 63.1 Å². The zero-order chi connectivity index (χ0) is 22.3. The van der Waals surface area contributed by atoms with Crippen LogP contribution in [0.5, 0.6) is 0 Å². The van der Waals surface area contributed by atoms with Crippen molar-refractivity contribution in [1.82, 2.24) is 0 Å². The first-order chi connectivity index (χ1) is 14.2. The quantitative estimate of drug-likeness (QED) is 0.622. The van der Waals surface area contributed by atoms with Crippen molar-refractivity contribution in [3.63, 3.8) is 0 Å². The molecule has 1 heterocycles. The lowest BCUT2D eigenvalue weighted by Gasteiger charge is -2.28. The first kappa shape index (κ1) is 24.0. The maximum absolute atomic E-state index is 13.2. The predicted octanol–water partition coefficient (Wildman–Crippen LogP) is 2.35. The van der Waals surface area contributed by atoms with Crippen molar-refractivity contribution in [2.45, 2.75) is 39.8 Å². The molecule has 1 amide bonds. The number of hydrogen-bond donors (Lipinski definition) is 2. The summed E-state index contributed by atoms with van der Waals surface area (Å²) in [7, 11) is 0. The highest BCUT2D eigenvalue weighted by atomic mass is 19.4. The Morgan fingerprint density at radius 3 is 2.33 bits per heavy atom. The third kappa shape index (κ3) is 6.35. The molecule has 1 aliphatic heterocycles. The number of nitrogens with zero attached hydrogens (tertiary/aromatic N) is 1. The van der Waals surface area contributed by atoms with Crippen molar-refractivity contribution in [2.75, 3.05) is 49.5 Å². The largest absolute Gasteiger partial charge is 0.466 e. The van der Waals surface area contributed by atoms with Crippen molar-refractivity contribution in [1.29, 1.82) is 0 Å². The number of carbonyl (C=O) groups is 2. The highest BCUT2D eigenvalue weighted by Crippen LogP contribution is 2.35. The summed E-state index contributed by atoms with van der Waals surface area (Å²) in [4.78, 5) is 27.3. The number of benzene rings is 1. The van der Waals surface area contributed by atoms with Gasteiger partial charge in [-0.1, -0.05) is 0 Å². The number of quaternary nitrogens is 1. The summed E-state index contributed by atoms with van der Waals surface area (Å²) in [5.41, 5.74) is -0.0620. The van der Waals surface area contributed by atoms with Crippen molar-refractivity contribution in [3.8, 4) is 0 Å². The molecule has 6 nitrogen and oxygen atoms in total. The molecule has 0 unspecified atom stereocenters. The zero-order valence-corrected chi connectivity index (χ0v) is 17.8. The second-order valence-corrected chi connectivity index (χ2v) is 7.40. The highest BCUT2D eigenvalue weighted by molar-refractivity contribution is 5.95. The Bertz CT molecular complexity index is 728. The molecule has 0 aliphatic carbocycles. The van der Waals surface area contributed by atoms with Gasteiger partial charge in [-0.25, -0.2) is 0 Å². The van der Waals surface area contributed by atoms with Gasteiger partial charge in [-0.05, 0) is 39.0 Å². The van der Waals surface area contributed by atoms with E-state index in [0.29, 0.717) is 51.3 Å². The number of piperidine rings is 1. The summed E-state index contributed by atoms with van der Waals surface area (Å²) in [6, 6.07) is 3.44. The number of nitrogens with one attached hydrogen (secondary N) is 2.